The summed E-state index contributed by atoms with van der Waals surface area (Å²) in [7, 11) is -3.86. The van der Waals surface area contributed by atoms with Gasteiger partial charge in [-0.2, -0.15) is 36.9 Å². The fourth-order valence-electron chi connectivity index (χ4n) is 2.48. The maximum absolute atomic E-state index is 13.2. The van der Waals surface area contributed by atoms with Gasteiger partial charge >= 0.3 is 11.7 Å². The Morgan fingerprint density at radius 2 is 1.72 bits per heavy atom. The summed E-state index contributed by atoms with van der Waals surface area (Å²) >= 11 is 11.9. The number of nitrogens with zero attached hydrogens (tertiary/aromatic N) is 4. The zero-order valence-electron chi connectivity index (χ0n) is 15.5. The third-order valence-corrected chi connectivity index (χ3v) is 5.45. The second-order valence-electron chi connectivity index (χ2n) is 5.63. The molecule has 1 aromatic heterocycles. The molecule has 0 bridgehead atoms. The van der Waals surface area contributed by atoms with Crippen LogP contribution >= 0.6 is 23.2 Å². The smallest absolute Gasteiger partial charge is 0.476 e. The van der Waals surface area contributed by atoms with E-state index >= 15 is 0 Å². The summed E-state index contributed by atoms with van der Waals surface area (Å²) in [5.41, 5.74) is -9.02. The largest absolute Gasteiger partial charge is 0.483 e. The topological polar surface area (TPSA) is 91.2 Å². The molecule has 2 aromatic rings. The molecule has 6 nitrogen and oxygen atoms in total. The van der Waals surface area contributed by atoms with Gasteiger partial charge in [0.25, 0.3) is 0 Å². The average Bonchev–Trinajstić information content (AvgIpc) is 2.98. The van der Waals surface area contributed by atoms with Gasteiger partial charge in [0.05, 0.1) is 27.9 Å². The van der Waals surface area contributed by atoms with Gasteiger partial charge in [0.1, 0.15) is 28.3 Å². The van der Waals surface area contributed by atoms with E-state index in [-0.39, 0.29) is 6.61 Å². The van der Waals surface area contributed by atoms with Crippen molar-refractivity contribution in [3.63, 3.8) is 0 Å². The lowest BCUT2D eigenvalue weighted by atomic mass is 10.2. The van der Waals surface area contributed by atoms with Gasteiger partial charge in [-0.3, -0.25) is 4.57 Å². The van der Waals surface area contributed by atoms with Crippen LogP contribution in [-0.2, 0) is 21.7 Å². The molecule has 1 atom stereocenters. The van der Waals surface area contributed by atoms with Crippen molar-refractivity contribution in [2.45, 2.75) is 23.5 Å². The van der Waals surface area contributed by atoms with Crippen LogP contribution in [0.25, 0.3) is 5.69 Å². The maximum atomic E-state index is 13.2. The number of hydrogen-bond acceptors (Lipinski definition) is 5. The van der Waals surface area contributed by atoms with Gasteiger partial charge in [0.15, 0.2) is 23.0 Å². The Morgan fingerprint density at radius 3 is 2.12 bits per heavy atom. The van der Waals surface area contributed by atoms with Crippen molar-refractivity contribution in [3.05, 3.63) is 39.0 Å². The molecule has 2 rings (SSSR count). The first kappa shape index (κ1) is 25.5. The van der Waals surface area contributed by atoms with Gasteiger partial charge in [-0.05, 0) is 19.1 Å². The number of benzene rings is 1. The molecule has 32 heavy (non-hydrogen) atoms. The highest BCUT2D eigenvalue weighted by molar-refractivity contribution is 7.86. The summed E-state index contributed by atoms with van der Waals surface area (Å²) in [5.74, 6) is -0.884. The summed E-state index contributed by atoms with van der Waals surface area (Å²) in [6, 6.07) is 3.65. The number of halogens is 8. The molecule has 1 heterocycles. The van der Waals surface area contributed by atoms with Crippen LogP contribution in [0.5, 0.6) is 0 Å². The molecule has 1 aromatic carbocycles. The Kier molecular flexibility index (Phi) is 7.50. The third kappa shape index (κ3) is 4.85. The van der Waals surface area contributed by atoms with E-state index in [0.29, 0.717) is 23.1 Å². The lowest BCUT2D eigenvalue weighted by Gasteiger charge is -2.15. The lowest BCUT2D eigenvalue weighted by Crippen LogP contribution is -2.17. The van der Waals surface area contributed by atoms with Crippen LogP contribution in [0.4, 0.5) is 32.2 Å². The Labute approximate surface area is 188 Å². The number of nitriles is 2. The minimum absolute atomic E-state index is 0.0138. The van der Waals surface area contributed by atoms with Crippen molar-refractivity contribution in [1.29, 1.82) is 10.5 Å². The summed E-state index contributed by atoms with van der Waals surface area (Å²) in [4.78, 5) is 2.41. The quantitative estimate of drug-likeness (QED) is 0.282. The predicted molar refractivity (Wildman–Crippen MR) is 102 cm³/mol. The average molecular weight is 517 g/mol. The van der Waals surface area contributed by atoms with Crippen LogP contribution in [0.15, 0.2) is 22.0 Å². The van der Waals surface area contributed by atoms with Gasteiger partial charge in [0, 0.05) is 0 Å². The Bertz CT molecular complexity index is 1170. The normalized spacial score (nSPS) is 13.1. The van der Waals surface area contributed by atoms with Crippen molar-refractivity contribution in [3.8, 4) is 17.8 Å². The monoisotopic (exact) mass is 516 g/mol. The van der Waals surface area contributed by atoms with Crippen molar-refractivity contribution in [2.24, 2.45) is 4.99 Å². The number of aliphatic imine (C=N–C) groups is 1. The highest BCUT2D eigenvalue weighted by Crippen LogP contribution is 2.44. The molecule has 0 aliphatic carbocycles. The molecule has 0 N–H and O–H groups in total. The molecule has 0 amide bonds. The second kappa shape index (κ2) is 9.40. The van der Waals surface area contributed by atoms with Gasteiger partial charge in [-0.15, -0.1) is 0 Å². The van der Waals surface area contributed by atoms with E-state index < -0.39 is 65.8 Å². The molecule has 0 aliphatic rings. The number of aromatic nitrogens is 1. The molecule has 0 spiro atoms. The van der Waals surface area contributed by atoms with E-state index in [1.807, 2.05) is 0 Å². The van der Waals surface area contributed by atoms with Crippen LogP contribution in [0.3, 0.4) is 0 Å². The molecule has 15 heteroatoms. The van der Waals surface area contributed by atoms with Crippen LogP contribution in [0.1, 0.15) is 23.7 Å². The predicted octanol–water partition coefficient (Wildman–Crippen LogP) is 5.87. The van der Waals surface area contributed by atoms with Gasteiger partial charge in [-0.25, -0.2) is 9.20 Å². The van der Waals surface area contributed by atoms with Crippen LogP contribution in [0, 0.1) is 22.7 Å². The van der Waals surface area contributed by atoms with Gasteiger partial charge in [0.2, 0.25) is 0 Å². The minimum atomic E-state index is -5.37. The Hall–Kier alpha value is -2.74. The van der Waals surface area contributed by atoms with Crippen molar-refractivity contribution < 1.29 is 35.3 Å². The first-order valence-electron chi connectivity index (χ1n) is 8.07. The molecule has 170 valence electrons. The zero-order chi connectivity index (χ0) is 24.4. The molecule has 0 radical (unpaired) electrons. The molecular weight excluding hydrogens is 509 g/mol. The summed E-state index contributed by atoms with van der Waals surface area (Å²) in [6.45, 7) is 1.52. The van der Waals surface area contributed by atoms with E-state index in [9.17, 15) is 41.1 Å². The third-order valence-electron chi connectivity index (χ3n) is 3.70. The lowest BCUT2D eigenvalue weighted by molar-refractivity contribution is -0.137. The van der Waals surface area contributed by atoms with E-state index in [0.717, 1.165) is 0 Å². The molecule has 0 fully saturated rings. The number of ether oxygens (including phenoxy) is 1. The summed E-state index contributed by atoms with van der Waals surface area (Å²) < 4.78 is 96.4. The number of hydrogen-bond donors (Lipinski definition) is 0. The summed E-state index contributed by atoms with van der Waals surface area (Å²) in [5, 5.41) is 17.4. The zero-order valence-corrected chi connectivity index (χ0v) is 17.8. The van der Waals surface area contributed by atoms with E-state index in [2.05, 4.69) is 4.99 Å². The number of alkyl halides is 6. The Balaban J connectivity index is 3.05. The molecule has 1 unspecified atom stereocenters. The van der Waals surface area contributed by atoms with Crippen molar-refractivity contribution in [1.82, 2.24) is 4.57 Å². The molecule has 0 saturated heterocycles. The fourth-order valence-corrected chi connectivity index (χ4v) is 4.00. The fraction of sp³-hybridized carbons (Fsp3) is 0.235. The van der Waals surface area contributed by atoms with Crippen LogP contribution in [0.2, 0.25) is 10.0 Å². The van der Waals surface area contributed by atoms with Crippen LogP contribution < -0.4 is 0 Å². The molecule has 0 saturated carbocycles. The van der Waals surface area contributed by atoms with E-state index in [1.165, 1.54) is 19.1 Å². The number of rotatable bonds is 5. The van der Waals surface area contributed by atoms with Gasteiger partial charge < -0.3 is 4.74 Å². The first-order chi connectivity index (χ1) is 14.8. The maximum Gasteiger partial charge on any atom is 0.476 e. The van der Waals surface area contributed by atoms with Crippen molar-refractivity contribution >= 4 is 46.2 Å². The molecule has 0 aliphatic heterocycles. The Morgan fingerprint density at radius 1 is 1.16 bits per heavy atom. The second-order valence-corrected chi connectivity index (χ2v) is 7.85. The highest BCUT2D eigenvalue weighted by atomic mass is 35.5. The van der Waals surface area contributed by atoms with Crippen LogP contribution in [-0.4, -0.2) is 27.3 Å². The van der Waals surface area contributed by atoms with E-state index in [1.54, 1.807) is 0 Å². The van der Waals surface area contributed by atoms with Crippen molar-refractivity contribution in [2.75, 3.05) is 6.61 Å². The first-order valence-corrected chi connectivity index (χ1v) is 9.98. The summed E-state index contributed by atoms with van der Waals surface area (Å²) in [6.07, 6.45) is -4.21. The highest BCUT2D eigenvalue weighted by Gasteiger charge is 2.44. The van der Waals surface area contributed by atoms with Gasteiger partial charge in [-0.1, -0.05) is 23.2 Å². The SMILES string of the molecule is CCOC=Nc1c(S(=O)C(F)(F)F)c(C#N)c(C#N)n1-c1c(Cl)cc(C(F)(F)F)cc1Cl. The molecular formula is C17H8Cl2F6N4O2S. The minimum Gasteiger partial charge on any atom is -0.483 e. The standard InChI is InChI=1S/C17H8Cl2F6N4O2S/c1-2-31-7-28-15-14(32(30)17(23,24)25)9(5-26)12(6-27)29(15)13-10(18)3-8(4-11(13)19)16(20,21)22/h3-4,7H,2H2,1H3. The van der Waals surface area contributed by atoms with E-state index in [4.69, 9.17) is 27.9 Å².